The lowest BCUT2D eigenvalue weighted by Gasteiger charge is -2.32. The number of carbonyl (C=O) groups is 3. The van der Waals surface area contributed by atoms with Gasteiger partial charge in [-0.25, -0.2) is 0 Å². The fourth-order valence-electron chi connectivity index (χ4n) is 4.87. The molecule has 2 aliphatic heterocycles. The van der Waals surface area contributed by atoms with Gasteiger partial charge in [0.25, 0.3) is 5.91 Å². The highest BCUT2D eigenvalue weighted by Gasteiger charge is 2.57. The van der Waals surface area contributed by atoms with E-state index in [-0.39, 0.29) is 35.1 Å². The number of rotatable bonds is 7. The molecule has 34 heavy (non-hydrogen) atoms. The second-order valence-electron chi connectivity index (χ2n) is 9.79. The molecule has 2 aliphatic rings. The maximum Gasteiger partial charge on any atom is 0.256 e. The van der Waals surface area contributed by atoms with E-state index in [0.717, 1.165) is 17.5 Å². The minimum Gasteiger partial charge on any atom is -0.348 e. The zero-order chi connectivity index (χ0) is 24.6. The highest BCUT2D eigenvalue weighted by molar-refractivity contribution is 8.01. The minimum absolute atomic E-state index is 0.0636. The molecule has 0 aliphatic carbocycles. The average molecular weight is 480 g/mol. The molecule has 0 bridgehead atoms. The van der Waals surface area contributed by atoms with Gasteiger partial charge in [0.15, 0.2) is 0 Å². The third kappa shape index (κ3) is 4.33. The zero-order valence-electron chi connectivity index (χ0n) is 20.4. The molecule has 2 heterocycles. The van der Waals surface area contributed by atoms with Crippen molar-refractivity contribution in [2.24, 2.45) is 5.92 Å². The van der Waals surface area contributed by atoms with Crippen molar-refractivity contribution in [1.82, 2.24) is 15.5 Å². The Balaban J connectivity index is 1.55. The Morgan fingerprint density at radius 3 is 2.35 bits per heavy atom. The Morgan fingerprint density at radius 1 is 1.03 bits per heavy atom. The summed E-state index contributed by atoms with van der Waals surface area (Å²) in [5, 5.41) is 5.89. The molecule has 2 N–H and O–H groups in total. The lowest BCUT2D eigenvalue weighted by molar-refractivity contribution is -0.133. The van der Waals surface area contributed by atoms with Crippen LogP contribution in [0.4, 0.5) is 0 Å². The zero-order valence-corrected chi connectivity index (χ0v) is 21.2. The first-order valence-corrected chi connectivity index (χ1v) is 12.8. The Kier molecular flexibility index (Phi) is 6.76. The Bertz CT molecular complexity index is 1090. The number of hydrogen-bond donors (Lipinski definition) is 2. The van der Waals surface area contributed by atoms with Crippen LogP contribution in [0.2, 0.25) is 0 Å². The normalized spacial score (nSPS) is 23.0. The molecule has 2 aromatic carbocycles. The molecule has 0 saturated carbocycles. The molecule has 1 fully saturated rings. The largest absolute Gasteiger partial charge is 0.348 e. The van der Waals surface area contributed by atoms with Crippen LogP contribution in [0.15, 0.2) is 54.6 Å². The summed E-state index contributed by atoms with van der Waals surface area (Å²) < 4.78 is -0.494. The molecule has 0 aromatic heterocycles. The first-order valence-electron chi connectivity index (χ1n) is 11.9. The van der Waals surface area contributed by atoms with Crippen molar-refractivity contribution in [2.45, 2.75) is 69.3 Å². The van der Waals surface area contributed by atoms with Crippen LogP contribution >= 0.6 is 11.8 Å². The van der Waals surface area contributed by atoms with Gasteiger partial charge in [0, 0.05) is 10.3 Å². The molecule has 7 heteroatoms. The standard InChI is InChI=1S/C27H33N3O3S/c1-6-16(2)21(23(31)28-17(3)18-12-8-7-9-13-18)29-24(32)22-27(4,5)34-26-20-15-11-10-14-19(20)25(33)30(22)26/h7-17,21-22,26H,6H2,1-5H3,(H,28,31)(H,29,32)/t16-,17+,21-,22+,26+/m0/s1. The second kappa shape index (κ2) is 9.45. The van der Waals surface area contributed by atoms with Crippen molar-refractivity contribution >= 4 is 29.5 Å². The van der Waals surface area contributed by atoms with E-state index in [1.807, 2.05) is 89.2 Å². The van der Waals surface area contributed by atoms with Crippen LogP contribution < -0.4 is 10.6 Å². The number of nitrogens with zero attached hydrogens (tertiary/aromatic N) is 1. The predicted octanol–water partition coefficient (Wildman–Crippen LogP) is 4.44. The summed E-state index contributed by atoms with van der Waals surface area (Å²) in [5.41, 5.74) is 2.61. The summed E-state index contributed by atoms with van der Waals surface area (Å²) in [6, 6.07) is 15.8. The van der Waals surface area contributed by atoms with Crippen LogP contribution in [0, 0.1) is 5.92 Å². The summed E-state index contributed by atoms with van der Waals surface area (Å²) in [6.07, 6.45) is 0.734. The molecular formula is C27H33N3O3S. The van der Waals surface area contributed by atoms with Crippen molar-refractivity contribution in [2.75, 3.05) is 0 Å². The average Bonchev–Trinajstić information content (AvgIpc) is 3.26. The molecule has 2 aromatic rings. The Labute approximate surface area is 205 Å². The van der Waals surface area contributed by atoms with Gasteiger partial charge in [0.2, 0.25) is 11.8 Å². The van der Waals surface area contributed by atoms with Gasteiger partial charge in [-0.05, 0) is 43.9 Å². The van der Waals surface area contributed by atoms with E-state index >= 15 is 0 Å². The van der Waals surface area contributed by atoms with E-state index in [0.29, 0.717) is 5.56 Å². The third-order valence-electron chi connectivity index (χ3n) is 7.00. The van der Waals surface area contributed by atoms with Gasteiger partial charge in [-0.1, -0.05) is 68.8 Å². The number of amides is 3. The number of thioether (sulfide) groups is 1. The second-order valence-corrected chi connectivity index (χ2v) is 11.5. The van der Waals surface area contributed by atoms with Gasteiger partial charge in [0.1, 0.15) is 17.5 Å². The third-order valence-corrected chi connectivity index (χ3v) is 8.53. The maximum absolute atomic E-state index is 13.7. The van der Waals surface area contributed by atoms with Crippen LogP contribution in [0.3, 0.4) is 0 Å². The van der Waals surface area contributed by atoms with Crippen molar-refractivity contribution in [3.63, 3.8) is 0 Å². The molecule has 0 spiro atoms. The SMILES string of the molecule is CC[C@H](C)[C@H](NC(=O)[C@H]1N2C(=O)c3ccccc3[C@H]2SC1(C)C)C(=O)N[C@H](C)c1ccccc1. The number of fused-ring (bicyclic) bond motifs is 3. The van der Waals surface area contributed by atoms with E-state index in [1.54, 1.807) is 16.7 Å². The minimum atomic E-state index is -0.691. The van der Waals surface area contributed by atoms with E-state index < -0.39 is 16.8 Å². The summed E-state index contributed by atoms with van der Waals surface area (Å²) >= 11 is 1.62. The maximum atomic E-state index is 13.7. The molecule has 6 nitrogen and oxygen atoms in total. The van der Waals surface area contributed by atoms with Crippen LogP contribution in [0.1, 0.15) is 73.9 Å². The highest BCUT2D eigenvalue weighted by Crippen LogP contribution is 2.56. The van der Waals surface area contributed by atoms with Crippen molar-refractivity contribution in [1.29, 1.82) is 0 Å². The molecule has 180 valence electrons. The fraction of sp³-hybridized carbons (Fsp3) is 0.444. The molecule has 3 amide bonds. The van der Waals surface area contributed by atoms with Gasteiger partial charge in [-0.3, -0.25) is 14.4 Å². The number of benzene rings is 2. The summed E-state index contributed by atoms with van der Waals surface area (Å²) in [5.74, 6) is -0.684. The van der Waals surface area contributed by atoms with E-state index in [1.165, 1.54) is 0 Å². The summed E-state index contributed by atoms with van der Waals surface area (Å²) in [7, 11) is 0. The van der Waals surface area contributed by atoms with E-state index in [9.17, 15) is 14.4 Å². The summed E-state index contributed by atoms with van der Waals surface area (Å²) in [4.78, 5) is 41.9. The Morgan fingerprint density at radius 2 is 1.68 bits per heavy atom. The van der Waals surface area contributed by atoms with E-state index in [4.69, 9.17) is 0 Å². The van der Waals surface area contributed by atoms with Gasteiger partial charge in [-0.2, -0.15) is 0 Å². The molecule has 5 atom stereocenters. The lowest BCUT2D eigenvalue weighted by atomic mass is 9.95. The van der Waals surface area contributed by atoms with Gasteiger partial charge >= 0.3 is 0 Å². The molecule has 0 radical (unpaired) electrons. The van der Waals surface area contributed by atoms with Gasteiger partial charge < -0.3 is 15.5 Å². The smallest absolute Gasteiger partial charge is 0.256 e. The molecule has 4 rings (SSSR count). The van der Waals surface area contributed by atoms with Crippen LogP contribution in [-0.2, 0) is 9.59 Å². The Hall–Kier alpha value is -2.80. The van der Waals surface area contributed by atoms with Crippen molar-refractivity contribution in [3.8, 4) is 0 Å². The van der Waals surface area contributed by atoms with Crippen LogP contribution in [0.25, 0.3) is 0 Å². The van der Waals surface area contributed by atoms with E-state index in [2.05, 4.69) is 10.6 Å². The number of hydrogen-bond acceptors (Lipinski definition) is 4. The van der Waals surface area contributed by atoms with Gasteiger partial charge in [0.05, 0.1) is 6.04 Å². The predicted molar refractivity (Wildman–Crippen MR) is 135 cm³/mol. The van der Waals surface area contributed by atoms with Crippen molar-refractivity contribution < 1.29 is 14.4 Å². The monoisotopic (exact) mass is 479 g/mol. The highest BCUT2D eigenvalue weighted by atomic mass is 32.2. The molecule has 1 saturated heterocycles. The molecular weight excluding hydrogens is 446 g/mol. The first-order chi connectivity index (χ1) is 16.2. The molecule has 0 unspecified atom stereocenters. The van der Waals surface area contributed by atoms with Crippen LogP contribution in [0.5, 0.6) is 0 Å². The first kappa shape index (κ1) is 24.3. The summed E-state index contributed by atoms with van der Waals surface area (Å²) in [6.45, 7) is 9.89. The quantitative estimate of drug-likeness (QED) is 0.615. The number of carbonyl (C=O) groups excluding carboxylic acids is 3. The van der Waals surface area contributed by atoms with Gasteiger partial charge in [-0.15, -0.1) is 11.8 Å². The lowest BCUT2D eigenvalue weighted by Crippen LogP contribution is -2.58. The number of nitrogens with one attached hydrogen (secondary N) is 2. The van der Waals surface area contributed by atoms with Crippen LogP contribution in [-0.4, -0.2) is 39.5 Å². The topological polar surface area (TPSA) is 78.5 Å². The van der Waals surface area contributed by atoms with Crippen molar-refractivity contribution in [3.05, 3.63) is 71.3 Å². The fourth-order valence-corrected chi connectivity index (χ4v) is 6.46.